The Kier molecular flexibility index (Phi) is 3.56. The van der Waals surface area contributed by atoms with E-state index in [0.717, 1.165) is 5.52 Å². The molecule has 1 N–H and O–H groups in total. The number of hydrogen-bond donors (Lipinski definition) is 1. The number of carbonyl (C=O) groups is 1. The number of aromatic nitrogens is 2. The molecular weight excluding hydrogens is 325 g/mol. The molecule has 1 amide bonds. The van der Waals surface area contributed by atoms with E-state index in [2.05, 4.69) is 4.98 Å². The number of carbonyl (C=O) groups excluding carboxylic acids is 1. The third-order valence-corrected chi connectivity index (χ3v) is 4.40. The summed E-state index contributed by atoms with van der Waals surface area (Å²) in [7, 11) is 1.68. The Balaban J connectivity index is 1.43. The first-order valence-electron chi connectivity index (χ1n) is 7.91. The van der Waals surface area contributed by atoms with Crippen LogP contribution in [0.1, 0.15) is 10.4 Å². The van der Waals surface area contributed by atoms with Gasteiger partial charge in [0.1, 0.15) is 17.7 Å². The number of nitrogens with zero attached hydrogens (tertiary/aromatic N) is 2. The van der Waals surface area contributed by atoms with Crippen molar-refractivity contribution in [2.75, 3.05) is 13.1 Å². The highest BCUT2D eigenvalue weighted by Crippen LogP contribution is 2.21. The Labute approximate surface area is 142 Å². The molecule has 1 fully saturated rings. The van der Waals surface area contributed by atoms with Crippen molar-refractivity contribution in [3.8, 4) is 5.75 Å². The van der Waals surface area contributed by atoms with Crippen LogP contribution in [-0.4, -0.2) is 39.6 Å². The van der Waals surface area contributed by atoms with Crippen LogP contribution in [0.15, 0.2) is 47.3 Å². The van der Waals surface area contributed by atoms with Crippen LogP contribution in [0.3, 0.4) is 0 Å². The average molecular weight is 341 g/mol. The largest absolute Gasteiger partial charge is 0.487 e. The lowest BCUT2D eigenvalue weighted by molar-refractivity contribution is 0.0178. The number of halogens is 1. The molecule has 3 aromatic rings. The summed E-state index contributed by atoms with van der Waals surface area (Å²) in [4.78, 5) is 28.6. The summed E-state index contributed by atoms with van der Waals surface area (Å²) in [5, 5.41) is 0. The molecule has 4 rings (SSSR count). The van der Waals surface area contributed by atoms with Gasteiger partial charge in [-0.2, -0.15) is 0 Å². The molecule has 2 heterocycles. The molecule has 0 atom stereocenters. The number of H-pyrrole nitrogens is 1. The fourth-order valence-corrected chi connectivity index (χ4v) is 2.94. The van der Waals surface area contributed by atoms with E-state index in [4.69, 9.17) is 4.74 Å². The smallest absolute Gasteiger partial charge is 0.326 e. The number of aromatic amines is 1. The minimum absolute atomic E-state index is 0.102. The molecule has 7 heteroatoms. The van der Waals surface area contributed by atoms with E-state index >= 15 is 0 Å². The third-order valence-electron chi connectivity index (χ3n) is 4.40. The zero-order valence-corrected chi connectivity index (χ0v) is 13.5. The standard InChI is InChI=1S/C18H16FN3O3/c1-21-16-7-2-11(8-15(16)20-18(21)24)17(23)22-9-14(10-22)25-13-5-3-12(19)4-6-13/h2-8,14H,9-10H2,1H3,(H,20,24). The maximum Gasteiger partial charge on any atom is 0.326 e. The molecule has 0 saturated carbocycles. The van der Waals surface area contributed by atoms with Gasteiger partial charge in [-0.3, -0.25) is 9.36 Å². The normalized spacial score (nSPS) is 14.6. The summed E-state index contributed by atoms with van der Waals surface area (Å²) in [5.74, 6) is 0.166. The quantitative estimate of drug-likeness (QED) is 0.791. The number of rotatable bonds is 3. The molecule has 0 radical (unpaired) electrons. The second-order valence-electron chi connectivity index (χ2n) is 6.13. The van der Waals surface area contributed by atoms with E-state index in [9.17, 15) is 14.0 Å². The van der Waals surface area contributed by atoms with Gasteiger partial charge in [0, 0.05) is 12.6 Å². The number of ether oxygens (including phenoxy) is 1. The molecule has 1 saturated heterocycles. The lowest BCUT2D eigenvalue weighted by Gasteiger charge is -2.39. The molecule has 1 aliphatic heterocycles. The molecule has 6 nitrogen and oxygen atoms in total. The van der Waals surface area contributed by atoms with Crippen molar-refractivity contribution in [3.05, 3.63) is 64.3 Å². The topological polar surface area (TPSA) is 67.3 Å². The lowest BCUT2D eigenvalue weighted by Crippen LogP contribution is -2.56. The third kappa shape index (κ3) is 2.77. The number of likely N-dealkylation sites (tertiary alicyclic amines) is 1. The van der Waals surface area contributed by atoms with E-state index in [1.54, 1.807) is 42.3 Å². The van der Waals surface area contributed by atoms with E-state index < -0.39 is 0 Å². The van der Waals surface area contributed by atoms with Crippen molar-refractivity contribution in [1.29, 1.82) is 0 Å². The number of amides is 1. The van der Waals surface area contributed by atoms with Gasteiger partial charge in [0.2, 0.25) is 0 Å². The van der Waals surface area contributed by atoms with Crippen LogP contribution < -0.4 is 10.4 Å². The summed E-state index contributed by atoms with van der Waals surface area (Å²) in [6.07, 6.45) is -0.102. The predicted molar refractivity (Wildman–Crippen MR) is 90.3 cm³/mol. The van der Waals surface area contributed by atoms with E-state index in [0.29, 0.717) is 29.9 Å². The van der Waals surface area contributed by atoms with Gasteiger partial charge in [-0.25, -0.2) is 9.18 Å². The summed E-state index contributed by atoms with van der Waals surface area (Å²) in [6, 6.07) is 11.0. The molecule has 0 aliphatic carbocycles. The predicted octanol–water partition coefficient (Wildman–Crippen LogP) is 1.91. The number of benzene rings is 2. The fraction of sp³-hybridized carbons (Fsp3) is 0.222. The highest BCUT2D eigenvalue weighted by molar-refractivity contribution is 5.97. The van der Waals surface area contributed by atoms with Crippen molar-refractivity contribution < 1.29 is 13.9 Å². The summed E-state index contributed by atoms with van der Waals surface area (Å²) in [6.45, 7) is 0.944. The molecule has 25 heavy (non-hydrogen) atoms. The van der Waals surface area contributed by atoms with Crippen LogP contribution in [0.2, 0.25) is 0 Å². The first-order valence-corrected chi connectivity index (χ1v) is 7.91. The molecule has 0 bridgehead atoms. The van der Waals surface area contributed by atoms with E-state index in [1.165, 1.54) is 16.7 Å². The van der Waals surface area contributed by atoms with Gasteiger partial charge in [0.25, 0.3) is 5.91 Å². The Morgan fingerprint density at radius 2 is 1.92 bits per heavy atom. The zero-order chi connectivity index (χ0) is 17.6. The Morgan fingerprint density at radius 3 is 2.64 bits per heavy atom. The number of aryl methyl sites for hydroxylation is 1. The number of hydrogen-bond acceptors (Lipinski definition) is 3. The maximum absolute atomic E-state index is 12.9. The fourth-order valence-electron chi connectivity index (χ4n) is 2.94. The van der Waals surface area contributed by atoms with Crippen LogP contribution in [0, 0.1) is 5.82 Å². The van der Waals surface area contributed by atoms with Crippen molar-refractivity contribution in [3.63, 3.8) is 0 Å². The second kappa shape index (κ2) is 5.77. The zero-order valence-electron chi connectivity index (χ0n) is 13.5. The highest BCUT2D eigenvalue weighted by Gasteiger charge is 2.33. The van der Waals surface area contributed by atoms with Gasteiger partial charge >= 0.3 is 5.69 Å². The van der Waals surface area contributed by atoms with Crippen LogP contribution in [0.4, 0.5) is 4.39 Å². The minimum Gasteiger partial charge on any atom is -0.487 e. The SMILES string of the molecule is Cn1c(=O)[nH]c2cc(C(=O)N3CC(Oc4ccc(F)cc4)C3)ccc21. The monoisotopic (exact) mass is 341 g/mol. The minimum atomic E-state index is -0.313. The maximum atomic E-state index is 12.9. The van der Waals surface area contributed by atoms with Crippen molar-refractivity contribution in [2.24, 2.45) is 7.05 Å². The number of imidazole rings is 1. The highest BCUT2D eigenvalue weighted by atomic mass is 19.1. The van der Waals surface area contributed by atoms with Gasteiger partial charge in [0.15, 0.2) is 0 Å². The summed E-state index contributed by atoms with van der Waals surface area (Å²) in [5.41, 5.74) is 1.70. The first kappa shape index (κ1) is 15.4. The molecule has 128 valence electrons. The van der Waals surface area contributed by atoms with Crippen molar-refractivity contribution in [2.45, 2.75) is 6.10 Å². The summed E-state index contributed by atoms with van der Waals surface area (Å²) >= 11 is 0. The van der Waals surface area contributed by atoms with Crippen LogP contribution in [0.25, 0.3) is 11.0 Å². The Hall–Kier alpha value is -3.09. The van der Waals surface area contributed by atoms with E-state index in [1.807, 2.05) is 0 Å². The Morgan fingerprint density at radius 1 is 1.20 bits per heavy atom. The van der Waals surface area contributed by atoms with Gasteiger partial charge in [-0.1, -0.05) is 0 Å². The van der Waals surface area contributed by atoms with Gasteiger partial charge < -0.3 is 14.6 Å². The van der Waals surface area contributed by atoms with Gasteiger partial charge in [-0.15, -0.1) is 0 Å². The van der Waals surface area contributed by atoms with Crippen molar-refractivity contribution >= 4 is 16.9 Å². The average Bonchev–Trinajstić information content (AvgIpc) is 2.85. The van der Waals surface area contributed by atoms with Crippen LogP contribution >= 0.6 is 0 Å². The van der Waals surface area contributed by atoms with Crippen LogP contribution in [-0.2, 0) is 7.05 Å². The molecule has 0 unspecified atom stereocenters. The first-order chi connectivity index (χ1) is 12.0. The lowest BCUT2D eigenvalue weighted by atomic mass is 10.1. The molecule has 2 aromatic carbocycles. The van der Waals surface area contributed by atoms with Gasteiger partial charge in [0.05, 0.1) is 24.1 Å². The van der Waals surface area contributed by atoms with Gasteiger partial charge in [-0.05, 0) is 42.5 Å². The summed E-state index contributed by atoms with van der Waals surface area (Å²) < 4.78 is 20.1. The van der Waals surface area contributed by atoms with E-state index in [-0.39, 0.29) is 23.5 Å². The molecular formula is C18H16FN3O3. The molecule has 0 spiro atoms. The molecule has 1 aliphatic rings. The Bertz CT molecular complexity index is 1000. The second-order valence-corrected chi connectivity index (χ2v) is 6.13. The van der Waals surface area contributed by atoms with Crippen LogP contribution in [0.5, 0.6) is 5.75 Å². The van der Waals surface area contributed by atoms with Crippen molar-refractivity contribution in [1.82, 2.24) is 14.5 Å². The molecule has 1 aromatic heterocycles. The number of fused-ring (bicyclic) bond motifs is 1. The number of nitrogens with one attached hydrogen (secondary N) is 1.